The number of nitrogens with one attached hydrogen (secondary N) is 1. The molecule has 1 unspecified atom stereocenters. The van der Waals surface area contributed by atoms with E-state index >= 15 is 0 Å². The van der Waals surface area contributed by atoms with E-state index in [9.17, 15) is 0 Å². The average molecular weight is 192 g/mol. The number of rotatable bonds is 1. The maximum Gasteiger partial charge on any atom is 0.0361 e. The van der Waals surface area contributed by atoms with E-state index in [0.29, 0.717) is 5.92 Å². The van der Waals surface area contributed by atoms with Crippen molar-refractivity contribution in [2.24, 2.45) is 17.1 Å². The molecule has 2 heteroatoms. The summed E-state index contributed by atoms with van der Waals surface area (Å²) >= 11 is 0. The second kappa shape index (κ2) is 3.13. The first-order valence-corrected chi connectivity index (χ1v) is 5.43. The highest BCUT2D eigenvalue weighted by Crippen LogP contribution is 2.46. The second-order valence-electron chi connectivity index (χ2n) is 5.09. The van der Waals surface area contributed by atoms with E-state index in [0.717, 1.165) is 13.0 Å². The lowest BCUT2D eigenvalue weighted by Gasteiger charge is -2.34. The van der Waals surface area contributed by atoms with Crippen LogP contribution in [-0.2, 0) is 0 Å². The van der Waals surface area contributed by atoms with Crippen molar-refractivity contribution >= 4 is 0 Å². The zero-order valence-electron chi connectivity index (χ0n) is 9.30. The van der Waals surface area contributed by atoms with Crippen molar-refractivity contribution in [3.63, 3.8) is 0 Å². The molecule has 14 heavy (non-hydrogen) atoms. The molecule has 0 bridgehead atoms. The van der Waals surface area contributed by atoms with Gasteiger partial charge in [-0.05, 0) is 41.2 Å². The molecule has 78 valence electrons. The lowest BCUT2D eigenvalue weighted by Crippen LogP contribution is -2.40. The fourth-order valence-electron chi connectivity index (χ4n) is 2.53. The van der Waals surface area contributed by atoms with Crippen molar-refractivity contribution in [1.29, 1.82) is 0 Å². The fourth-order valence-corrected chi connectivity index (χ4v) is 2.53. The molecule has 2 aliphatic rings. The van der Waals surface area contributed by atoms with E-state index in [2.05, 4.69) is 32.2 Å². The maximum absolute atomic E-state index is 6.33. The first-order valence-electron chi connectivity index (χ1n) is 5.43. The van der Waals surface area contributed by atoms with E-state index in [1.807, 2.05) is 6.20 Å². The van der Waals surface area contributed by atoms with Gasteiger partial charge in [-0.25, -0.2) is 0 Å². The third kappa shape index (κ3) is 1.21. The molecular weight excluding hydrogens is 172 g/mol. The smallest absolute Gasteiger partial charge is 0.0361 e. The van der Waals surface area contributed by atoms with E-state index < -0.39 is 0 Å². The molecule has 2 rings (SSSR count). The molecule has 1 aliphatic heterocycles. The quantitative estimate of drug-likeness (QED) is 0.665. The number of nitrogens with two attached hydrogens (primary N) is 1. The molecule has 1 aliphatic carbocycles. The molecule has 2 nitrogen and oxygen atoms in total. The van der Waals surface area contributed by atoms with Crippen LogP contribution in [0.25, 0.3) is 0 Å². The molecule has 0 radical (unpaired) electrons. The van der Waals surface area contributed by atoms with Crippen LogP contribution in [-0.4, -0.2) is 12.6 Å². The van der Waals surface area contributed by atoms with Gasteiger partial charge in [-0.3, -0.25) is 0 Å². The molecule has 0 saturated carbocycles. The van der Waals surface area contributed by atoms with Gasteiger partial charge in [0.05, 0.1) is 0 Å². The van der Waals surface area contributed by atoms with Crippen molar-refractivity contribution in [2.45, 2.75) is 33.2 Å². The van der Waals surface area contributed by atoms with Crippen molar-refractivity contribution in [3.8, 4) is 0 Å². The Kier molecular flexibility index (Phi) is 2.18. The highest BCUT2D eigenvalue weighted by Gasteiger charge is 2.43. The first-order chi connectivity index (χ1) is 6.55. The van der Waals surface area contributed by atoms with E-state index in [4.69, 9.17) is 5.73 Å². The lowest BCUT2D eigenvalue weighted by atomic mass is 9.73. The largest absolute Gasteiger partial charge is 0.387 e. The van der Waals surface area contributed by atoms with Crippen molar-refractivity contribution in [2.75, 3.05) is 6.54 Å². The van der Waals surface area contributed by atoms with Gasteiger partial charge in [0.1, 0.15) is 0 Å². The van der Waals surface area contributed by atoms with E-state index in [1.165, 1.54) is 11.1 Å². The Morgan fingerprint density at radius 3 is 2.86 bits per heavy atom. The van der Waals surface area contributed by atoms with Crippen LogP contribution in [0.3, 0.4) is 0 Å². The predicted octanol–water partition coefficient (Wildman–Crippen LogP) is 1.79. The highest BCUT2D eigenvalue weighted by atomic mass is 14.9. The summed E-state index contributed by atoms with van der Waals surface area (Å²) in [5, 5.41) is 3.26. The molecular formula is C12H20N2. The predicted molar refractivity (Wildman–Crippen MR) is 59.7 cm³/mol. The van der Waals surface area contributed by atoms with Gasteiger partial charge in [0.15, 0.2) is 0 Å². The van der Waals surface area contributed by atoms with Crippen LogP contribution in [0, 0.1) is 11.3 Å². The summed E-state index contributed by atoms with van der Waals surface area (Å²) in [4.78, 5) is 0. The van der Waals surface area contributed by atoms with Crippen LogP contribution in [0.1, 0.15) is 27.2 Å². The standard InChI is InChI=1S/C12H20N2/c1-8(2)12(3)6-9-7-14-5-4-10(9)11(12)13/h4-5,8,11,14H,6-7,13H2,1-3H3/t11-,12?/m1/s1. The summed E-state index contributed by atoms with van der Waals surface area (Å²) in [7, 11) is 0. The Morgan fingerprint density at radius 2 is 2.29 bits per heavy atom. The maximum atomic E-state index is 6.33. The average Bonchev–Trinajstić information content (AvgIpc) is 2.42. The third-order valence-corrected chi connectivity index (χ3v) is 4.06. The Balaban J connectivity index is 2.30. The van der Waals surface area contributed by atoms with Crippen LogP contribution in [0.15, 0.2) is 23.4 Å². The monoisotopic (exact) mass is 192 g/mol. The van der Waals surface area contributed by atoms with Crippen molar-refractivity contribution in [3.05, 3.63) is 23.4 Å². The third-order valence-electron chi connectivity index (χ3n) is 4.06. The lowest BCUT2D eigenvalue weighted by molar-refractivity contribution is 0.204. The second-order valence-corrected chi connectivity index (χ2v) is 5.09. The summed E-state index contributed by atoms with van der Waals surface area (Å²) in [5.74, 6) is 0.636. The minimum absolute atomic E-state index is 0.218. The summed E-state index contributed by atoms with van der Waals surface area (Å²) in [6.45, 7) is 7.85. The zero-order valence-corrected chi connectivity index (χ0v) is 9.30. The van der Waals surface area contributed by atoms with Gasteiger partial charge < -0.3 is 11.1 Å². The van der Waals surface area contributed by atoms with Gasteiger partial charge in [-0.15, -0.1) is 0 Å². The van der Waals surface area contributed by atoms with Gasteiger partial charge in [-0.2, -0.15) is 0 Å². The number of hydrogen-bond donors (Lipinski definition) is 2. The van der Waals surface area contributed by atoms with Crippen molar-refractivity contribution < 1.29 is 0 Å². The van der Waals surface area contributed by atoms with Crippen molar-refractivity contribution in [1.82, 2.24) is 5.32 Å². The molecule has 3 N–H and O–H groups in total. The summed E-state index contributed by atoms with van der Waals surface area (Å²) in [6, 6.07) is 0.218. The fraction of sp³-hybridized carbons (Fsp3) is 0.667. The summed E-state index contributed by atoms with van der Waals surface area (Å²) in [6.07, 6.45) is 5.32. The number of hydrogen-bond acceptors (Lipinski definition) is 2. The molecule has 2 atom stereocenters. The van der Waals surface area contributed by atoms with Crippen LogP contribution in [0.5, 0.6) is 0 Å². The normalized spacial score (nSPS) is 36.2. The molecule has 0 aromatic rings. The Labute approximate surface area is 86.3 Å². The minimum Gasteiger partial charge on any atom is -0.387 e. The molecule has 0 aromatic carbocycles. The van der Waals surface area contributed by atoms with Crippen LogP contribution < -0.4 is 11.1 Å². The topological polar surface area (TPSA) is 38.0 Å². The first kappa shape index (κ1) is 9.78. The minimum atomic E-state index is 0.218. The molecule has 0 amide bonds. The summed E-state index contributed by atoms with van der Waals surface area (Å²) in [5.41, 5.74) is 9.47. The van der Waals surface area contributed by atoms with E-state index in [-0.39, 0.29) is 11.5 Å². The van der Waals surface area contributed by atoms with Crippen LogP contribution >= 0.6 is 0 Å². The van der Waals surface area contributed by atoms with Crippen LogP contribution in [0.2, 0.25) is 0 Å². The molecule has 0 aromatic heterocycles. The van der Waals surface area contributed by atoms with Gasteiger partial charge >= 0.3 is 0 Å². The van der Waals surface area contributed by atoms with Gasteiger partial charge in [-0.1, -0.05) is 20.8 Å². The zero-order chi connectivity index (χ0) is 10.3. The summed E-state index contributed by atoms with van der Waals surface area (Å²) < 4.78 is 0. The van der Waals surface area contributed by atoms with Gasteiger partial charge in [0.2, 0.25) is 0 Å². The van der Waals surface area contributed by atoms with E-state index in [1.54, 1.807) is 0 Å². The molecule has 1 heterocycles. The van der Waals surface area contributed by atoms with Gasteiger partial charge in [0, 0.05) is 12.6 Å². The Hall–Kier alpha value is -0.760. The molecule has 0 spiro atoms. The Morgan fingerprint density at radius 1 is 1.57 bits per heavy atom. The Bertz CT molecular complexity index is 301. The SMILES string of the molecule is CC(C)C1(C)CC2=C(C=CNC2)[C@H]1N. The highest BCUT2D eigenvalue weighted by molar-refractivity contribution is 5.41. The molecule has 0 saturated heterocycles. The molecule has 0 fully saturated rings. The number of dihydropyridines is 1. The van der Waals surface area contributed by atoms with Gasteiger partial charge in [0.25, 0.3) is 0 Å². The van der Waals surface area contributed by atoms with Crippen LogP contribution in [0.4, 0.5) is 0 Å².